The normalized spacial score (nSPS) is 14.9. The van der Waals surface area contributed by atoms with Crippen LogP contribution in [0, 0.1) is 5.82 Å². The Hall–Kier alpha value is -2.16. The van der Waals surface area contributed by atoms with E-state index in [0.717, 1.165) is 41.8 Å². The Bertz CT molecular complexity index is 1010. The monoisotopic (exact) mass is 467 g/mol. The van der Waals surface area contributed by atoms with Crippen LogP contribution in [0.1, 0.15) is 30.4 Å². The van der Waals surface area contributed by atoms with E-state index in [1.165, 1.54) is 37.0 Å². The van der Waals surface area contributed by atoms with Crippen molar-refractivity contribution >= 4 is 33.2 Å². The first kappa shape index (κ1) is 23.5. The van der Waals surface area contributed by atoms with Crippen LogP contribution in [0.2, 0.25) is 5.02 Å². The number of hydrogen-bond acceptors (Lipinski definition) is 4. The maximum absolute atomic E-state index is 13.4. The van der Waals surface area contributed by atoms with Gasteiger partial charge in [-0.1, -0.05) is 42.3 Å². The lowest BCUT2D eigenvalue weighted by atomic mass is 10.1. The summed E-state index contributed by atoms with van der Waals surface area (Å²) in [5.74, 6) is -1.13. The lowest BCUT2D eigenvalue weighted by Gasteiger charge is -2.26. The number of nitrogens with zero attached hydrogens (tertiary/aromatic N) is 2. The number of carbonyl (C=O) groups is 1. The van der Waals surface area contributed by atoms with E-state index in [4.69, 9.17) is 11.6 Å². The first-order valence-corrected chi connectivity index (χ1v) is 12.4. The van der Waals surface area contributed by atoms with Gasteiger partial charge >= 0.3 is 0 Å². The molecule has 6 nitrogen and oxygen atoms in total. The minimum absolute atomic E-state index is 0.131. The third-order valence-corrected chi connectivity index (χ3v) is 6.68. The zero-order chi connectivity index (χ0) is 22.4. The molecular formula is C22H27ClFN3O3S. The fraction of sp³-hybridized carbons (Fsp3) is 0.409. The predicted molar refractivity (Wildman–Crippen MR) is 121 cm³/mol. The highest BCUT2D eigenvalue weighted by Gasteiger charge is 2.21. The number of anilines is 1. The predicted octanol–water partition coefficient (Wildman–Crippen LogP) is 3.55. The zero-order valence-electron chi connectivity index (χ0n) is 17.5. The molecule has 1 aliphatic heterocycles. The maximum Gasteiger partial charge on any atom is 0.241 e. The Kier molecular flexibility index (Phi) is 7.91. The average Bonchev–Trinajstić information content (AvgIpc) is 2.73. The standard InChI is InChI=1S/C22H27ClFN3O3S/c1-31(29,30)27(19-9-10-21(24)20(23)13-19)16-22(28)25-14-17-5-7-18(8-6-17)15-26-11-3-2-4-12-26/h5-10,13H,2-4,11-12,14-16H2,1H3,(H,25,28). The fourth-order valence-corrected chi connectivity index (χ4v) is 4.59. The first-order chi connectivity index (χ1) is 14.7. The molecule has 0 aromatic heterocycles. The van der Waals surface area contributed by atoms with Gasteiger partial charge in [-0.25, -0.2) is 12.8 Å². The van der Waals surface area contributed by atoms with Gasteiger partial charge in [0.2, 0.25) is 15.9 Å². The molecule has 31 heavy (non-hydrogen) atoms. The van der Waals surface area contributed by atoms with Gasteiger partial charge in [0, 0.05) is 13.1 Å². The van der Waals surface area contributed by atoms with Crippen LogP contribution in [0.25, 0.3) is 0 Å². The number of nitrogens with one attached hydrogen (secondary N) is 1. The van der Waals surface area contributed by atoms with Crippen LogP contribution in [0.3, 0.4) is 0 Å². The summed E-state index contributed by atoms with van der Waals surface area (Å²) in [6.45, 7) is 3.05. The van der Waals surface area contributed by atoms with Gasteiger partial charge in [-0.05, 0) is 55.3 Å². The van der Waals surface area contributed by atoms with E-state index in [-0.39, 0.29) is 17.3 Å². The van der Waals surface area contributed by atoms with E-state index in [2.05, 4.69) is 22.3 Å². The van der Waals surface area contributed by atoms with Gasteiger partial charge < -0.3 is 5.32 Å². The second-order valence-corrected chi connectivity index (χ2v) is 10.1. The lowest BCUT2D eigenvalue weighted by Crippen LogP contribution is -2.40. The van der Waals surface area contributed by atoms with Crippen molar-refractivity contribution < 1.29 is 17.6 Å². The number of halogens is 2. The largest absolute Gasteiger partial charge is 0.350 e. The zero-order valence-corrected chi connectivity index (χ0v) is 19.1. The highest BCUT2D eigenvalue weighted by Crippen LogP contribution is 2.24. The van der Waals surface area contributed by atoms with Crippen LogP contribution in [-0.4, -0.2) is 45.1 Å². The van der Waals surface area contributed by atoms with Crippen LogP contribution in [0.15, 0.2) is 42.5 Å². The molecule has 0 saturated carbocycles. The van der Waals surface area contributed by atoms with Crippen LogP contribution in [-0.2, 0) is 27.9 Å². The van der Waals surface area contributed by atoms with E-state index in [0.29, 0.717) is 0 Å². The van der Waals surface area contributed by atoms with Crippen molar-refractivity contribution in [1.82, 2.24) is 10.2 Å². The molecule has 0 unspecified atom stereocenters. The van der Waals surface area contributed by atoms with Gasteiger partial charge in [-0.15, -0.1) is 0 Å². The highest BCUT2D eigenvalue weighted by atomic mass is 35.5. The van der Waals surface area contributed by atoms with E-state index < -0.39 is 28.3 Å². The van der Waals surface area contributed by atoms with Crippen LogP contribution in [0.4, 0.5) is 10.1 Å². The molecule has 3 rings (SSSR count). The van der Waals surface area contributed by atoms with Crippen LogP contribution >= 0.6 is 11.6 Å². The molecule has 1 N–H and O–H groups in total. The summed E-state index contributed by atoms with van der Waals surface area (Å²) in [5, 5.41) is 2.52. The Labute approximate surface area is 188 Å². The van der Waals surface area contributed by atoms with Crippen molar-refractivity contribution in [2.24, 2.45) is 0 Å². The SMILES string of the molecule is CS(=O)(=O)N(CC(=O)NCc1ccc(CN2CCCCC2)cc1)c1ccc(F)c(Cl)c1. The van der Waals surface area contributed by atoms with Crippen LogP contribution in [0.5, 0.6) is 0 Å². The summed E-state index contributed by atoms with van der Waals surface area (Å²) >= 11 is 5.76. The number of amides is 1. The van der Waals surface area contributed by atoms with Gasteiger partial charge in [-0.2, -0.15) is 0 Å². The molecule has 9 heteroatoms. The molecule has 2 aromatic carbocycles. The minimum Gasteiger partial charge on any atom is -0.350 e. The molecular weight excluding hydrogens is 441 g/mol. The average molecular weight is 468 g/mol. The van der Waals surface area contributed by atoms with Gasteiger partial charge in [0.25, 0.3) is 0 Å². The highest BCUT2D eigenvalue weighted by molar-refractivity contribution is 7.92. The molecule has 1 aliphatic rings. The Morgan fingerprint density at radius 3 is 2.35 bits per heavy atom. The third kappa shape index (κ3) is 6.92. The van der Waals surface area contributed by atoms with Crippen LogP contribution < -0.4 is 9.62 Å². The van der Waals surface area contributed by atoms with Gasteiger partial charge in [-0.3, -0.25) is 14.0 Å². The summed E-state index contributed by atoms with van der Waals surface area (Å²) in [6.07, 6.45) is 4.79. The maximum atomic E-state index is 13.4. The van der Waals surface area contributed by atoms with Gasteiger partial charge in [0.05, 0.1) is 17.0 Å². The first-order valence-electron chi connectivity index (χ1n) is 10.2. The molecule has 0 aliphatic carbocycles. The molecule has 1 amide bonds. The quantitative estimate of drug-likeness (QED) is 0.644. The number of sulfonamides is 1. The van der Waals surface area contributed by atoms with Crippen molar-refractivity contribution in [3.63, 3.8) is 0 Å². The summed E-state index contributed by atoms with van der Waals surface area (Å²) in [6, 6.07) is 11.6. The second kappa shape index (κ2) is 10.4. The topological polar surface area (TPSA) is 69.7 Å². The van der Waals surface area contributed by atoms with Crippen molar-refractivity contribution in [1.29, 1.82) is 0 Å². The van der Waals surface area contributed by atoms with Crippen molar-refractivity contribution in [3.05, 3.63) is 64.4 Å². The summed E-state index contributed by atoms with van der Waals surface area (Å²) in [4.78, 5) is 14.8. The van der Waals surface area contributed by atoms with E-state index >= 15 is 0 Å². The van der Waals surface area contributed by atoms with Crippen molar-refractivity contribution in [2.45, 2.75) is 32.4 Å². The van der Waals surface area contributed by atoms with Gasteiger partial charge in [0.15, 0.2) is 0 Å². The molecule has 168 valence electrons. The molecule has 1 saturated heterocycles. The molecule has 1 heterocycles. The molecule has 2 aromatic rings. The smallest absolute Gasteiger partial charge is 0.241 e. The summed E-state index contributed by atoms with van der Waals surface area (Å²) < 4.78 is 38.6. The van der Waals surface area contributed by atoms with E-state index in [1.807, 2.05) is 12.1 Å². The summed E-state index contributed by atoms with van der Waals surface area (Å²) in [7, 11) is -3.76. The Balaban J connectivity index is 1.56. The number of likely N-dealkylation sites (tertiary alicyclic amines) is 1. The van der Waals surface area contributed by atoms with Gasteiger partial charge in [0.1, 0.15) is 12.4 Å². The van der Waals surface area contributed by atoms with E-state index in [9.17, 15) is 17.6 Å². The van der Waals surface area contributed by atoms with Crippen molar-refractivity contribution in [2.75, 3.05) is 30.2 Å². The number of rotatable bonds is 8. The molecule has 1 fully saturated rings. The second-order valence-electron chi connectivity index (χ2n) is 7.80. The number of carbonyl (C=O) groups excluding carboxylic acids is 1. The Morgan fingerprint density at radius 1 is 1.10 bits per heavy atom. The third-order valence-electron chi connectivity index (χ3n) is 5.25. The molecule has 0 radical (unpaired) electrons. The number of benzene rings is 2. The summed E-state index contributed by atoms with van der Waals surface area (Å²) in [5.41, 5.74) is 2.28. The number of piperidine rings is 1. The number of hydrogen-bond donors (Lipinski definition) is 1. The van der Waals surface area contributed by atoms with E-state index in [1.54, 1.807) is 0 Å². The molecule has 0 spiro atoms. The minimum atomic E-state index is -3.76. The molecule has 0 atom stereocenters. The molecule has 0 bridgehead atoms. The Morgan fingerprint density at radius 2 is 1.74 bits per heavy atom. The lowest BCUT2D eigenvalue weighted by molar-refractivity contribution is -0.119. The van der Waals surface area contributed by atoms with Crippen molar-refractivity contribution in [3.8, 4) is 0 Å². The fourth-order valence-electron chi connectivity index (χ4n) is 3.57.